The first kappa shape index (κ1) is 28.8. The van der Waals surface area contributed by atoms with Crippen molar-refractivity contribution in [2.45, 2.75) is 50.7 Å². The molecule has 1 saturated heterocycles. The zero-order chi connectivity index (χ0) is 29.5. The van der Waals surface area contributed by atoms with E-state index in [0.717, 1.165) is 25.7 Å². The zero-order valence-electron chi connectivity index (χ0n) is 23.1. The lowest BCUT2D eigenvalue weighted by atomic mass is 10.1. The number of carboxylic acid groups (broad SMARTS) is 1. The third kappa shape index (κ3) is 7.12. The van der Waals surface area contributed by atoms with E-state index in [-0.39, 0.29) is 68.4 Å². The summed E-state index contributed by atoms with van der Waals surface area (Å²) in [5, 5.41) is 12.0. The van der Waals surface area contributed by atoms with E-state index in [9.17, 15) is 24.3 Å². The Balaban J connectivity index is 1.31. The fourth-order valence-electron chi connectivity index (χ4n) is 5.16. The van der Waals surface area contributed by atoms with Gasteiger partial charge in [0.2, 0.25) is 11.8 Å². The molecule has 12 nitrogen and oxygen atoms in total. The lowest BCUT2D eigenvalue weighted by Gasteiger charge is -2.36. The predicted molar refractivity (Wildman–Crippen MR) is 150 cm³/mol. The van der Waals surface area contributed by atoms with Gasteiger partial charge in [-0.3, -0.25) is 19.2 Å². The number of piperazine rings is 1. The van der Waals surface area contributed by atoms with Crippen LogP contribution in [-0.2, 0) is 9.59 Å². The van der Waals surface area contributed by atoms with Crippen LogP contribution in [0.25, 0.3) is 11.4 Å². The average molecular weight is 576 g/mol. The van der Waals surface area contributed by atoms with Crippen molar-refractivity contribution in [3.05, 3.63) is 66.2 Å². The Morgan fingerprint density at radius 1 is 0.976 bits per heavy atom. The third-order valence-electron chi connectivity index (χ3n) is 7.42. The van der Waals surface area contributed by atoms with Crippen molar-refractivity contribution in [3.8, 4) is 17.3 Å². The van der Waals surface area contributed by atoms with Gasteiger partial charge in [-0.15, -0.1) is 0 Å². The second-order valence-corrected chi connectivity index (χ2v) is 10.4. The average Bonchev–Trinajstić information content (AvgIpc) is 3.74. The molecule has 1 aromatic carbocycles. The molecule has 2 fully saturated rings. The van der Waals surface area contributed by atoms with Gasteiger partial charge in [-0.25, -0.2) is 4.98 Å². The number of aromatic nitrogens is 2. The number of ether oxygens (including phenoxy) is 1. The molecular weight excluding hydrogens is 542 g/mol. The van der Waals surface area contributed by atoms with Gasteiger partial charge >= 0.3 is 5.97 Å². The number of carbonyl (C=O) groups excluding carboxylic acids is 3. The van der Waals surface area contributed by atoms with Gasteiger partial charge in [0.1, 0.15) is 17.8 Å². The summed E-state index contributed by atoms with van der Waals surface area (Å²) < 4.78 is 11.3. The Bertz CT molecular complexity index is 1400. The summed E-state index contributed by atoms with van der Waals surface area (Å²) >= 11 is 0. The lowest BCUT2D eigenvalue weighted by Crippen LogP contribution is -2.56. The van der Waals surface area contributed by atoms with Gasteiger partial charge in [-0.1, -0.05) is 30.3 Å². The van der Waals surface area contributed by atoms with Gasteiger partial charge in [-0.2, -0.15) is 4.98 Å². The normalized spacial score (nSPS) is 16.2. The topological polar surface area (TPSA) is 155 Å². The molecule has 1 aliphatic heterocycles. The van der Waals surface area contributed by atoms with E-state index in [4.69, 9.17) is 9.15 Å². The van der Waals surface area contributed by atoms with Gasteiger partial charge in [-0.05, 0) is 44.2 Å². The van der Waals surface area contributed by atoms with Crippen molar-refractivity contribution >= 4 is 23.7 Å². The summed E-state index contributed by atoms with van der Waals surface area (Å²) in [6, 6.07) is 12.8. The van der Waals surface area contributed by atoms with E-state index in [1.807, 2.05) is 30.3 Å². The molecule has 0 radical (unpaired) electrons. The van der Waals surface area contributed by atoms with Crippen molar-refractivity contribution in [2.24, 2.45) is 0 Å². The molecule has 3 heterocycles. The highest BCUT2D eigenvalue weighted by molar-refractivity contribution is 5.97. The van der Waals surface area contributed by atoms with Crippen LogP contribution in [0.1, 0.15) is 59.6 Å². The van der Waals surface area contributed by atoms with E-state index in [1.165, 1.54) is 17.2 Å². The second-order valence-electron chi connectivity index (χ2n) is 10.4. The number of carboxylic acids is 1. The number of benzene rings is 1. The summed E-state index contributed by atoms with van der Waals surface area (Å²) in [4.78, 5) is 63.1. The monoisotopic (exact) mass is 575 g/mol. The van der Waals surface area contributed by atoms with E-state index < -0.39 is 23.8 Å². The predicted octanol–water partition coefficient (Wildman–Crippen LogP) is 3.01. The molecule has 1 atom stereocenters. The third-order valence-corrected chi connectivity index (χ3v) is 7.42. The van der Waals surface area contributed by atoms with Crippen LogP contribution in [0.2, 0.25) is 0 Å². The maximum Gasteiger partial charge on any atom is 0.303 e. The Labute approximate surface area is 242 Å². The Hall–Kier alpha value is -4.74. The summed E-state index contributed by atoms with van der Waals surface area (Å²) in [6.07, 6.45) is 4.93. The van der Waals surface area contributed by atoms with Crippen molar-refractivity contribution in [2.75, 3.05) is 26.2 Å². The van der Waals surface area contributed by atoms with Crippen LogP contribution in [-0.4, -0.2) is 86.9 Å². The molecule has 0 unspecified atom stereocenters. The minimum absolute atomic E-state index is 0.00246. The van der Waals surface area contributed by atoms with E-state index in [2.05, 4.69) is 15.3 Å². The molecule has 42 heavy (non-hydrogen) atoms. The zero-order valence-corrected chi connectivity index (χ0v) is 23.1. The Morgan fingerprint density at radius 2 is 1.69 bits per heavy atom. The standard InChI is InChI=1S/C30H33N5O7/c36-26(37)13-12-22(29(39)34-14-16-35(17-15-34)30(40)24-11-6-18-41-24)32-28(38)23-19-25(42-21-9-4-5-10-21)33-27(31-23)20-7-2-1-3-8-20/h1-3,6-8,11,18-19,21-22H,4-5,9-10,12-17H2,(H,32,38)(H,36,37)/t22-/m0/s1. The second kappa shape index (κ2) is 13.3. The Morgan fingerprint density at radius 3 is 2.36 bits per heavy atom. The SMILES string of the molecule is O=C(O)CC[C@H](NC(=O)c1cc(OC2CCCC2)nc(-c2ccccc2)n1)C(=O)N1CCN(C(=O)c2ccco2)CC1. The molecule has 12 heteroatoms. The molecule has 0 spiro atoms. The van der Waals surface area contributed by atoms with Crippen LogP contribution in [0.4, 0.5) is 0 Å². The minimum atomic E-state index is -1.10. The van der Waals surface area contributed by atoms with Crippen LogP contribution in [0.5, 0.6) is 5.88 Å². The number of rotatable bonds is 10. The minimum Gasteiger partial charge on any atom is -0.481 e. The largest absolute Gasteiger partial charge is 0.481 e. The summed E-state index contributed by atoms with van der Waals surface area (Å²) in [6.45, 7) is 1.02. The number of hydrogen-bond donors (Lipinski definition) is 2. The quantitative estimate of drug-likeness (QED) is 0.371. The van der Waals surface area contributed by atoms with Crippen LogP contribution in [0.15, 0.2) is 59.2 Å². The van der Waals surface area contributed by atoms with Crippen molar-refractivity contribution < 1.29 is 33.4 Å². The van der Waals surface area contributed by atoms with Gasteiger partial charge in [0, 0.05) is 44.2 Å². The molecule has 1 saturated carbocycles. The molecule has 2 aromatic heterocycles. The molecule has 5 rings (SSSR count). The van der Waals surface area contributed by atoms with Crippen LogP contribution in [0.3, 0.4) is 0 Å². The van der Waals surface area contributed by atoms with Crippen molar-refractivity contribution in [1.29, 1.82) is 0 Å². The Kier molecular flexibility index (Phi) is 9.10. The summed E-state index contributed by atoms with van der Waals surface area (Å²) in [5.41, 5.74) is 0.711. The van der Waals surface area contributed by atoms with E-state index in [0.29, 0.717) is 11.4 Å². The molecule has 220 valence electrons. The molecule has 1 aliphatic carbocycles. The fraction of sp³-hybridized carbons (Fsp3) is 0.400. The first-order chi connectivity index (χ1) is 20.4. The molecule has 2 aliphatic rings. The van der Waals surface area contributed by atoms with Gasteiger partial charge in [0.15, 0.2) is 11.6 Å². The first-order valence-corrected chi connectivity index (χ1v) is 14.1. The number of amides is 3. The molecule has 3 amide bonds. The van der Waals surface area contributed by atoms with Crippen LogP contribution < -0.4 is 10.1 Å². The van der Waals surface area contributed by atoms with Crippen molar-refractivity contribution in [3.63, 3.8) is 0 Å². The van der Waals surface area contributed by atoms with Gasteiger partial charge in [0.25, 0.3) is 11.8 Å². The number of aliphatic carboxylic acids is 1. The van der Waals surface area contributed by atoms with E-state index >= 15 is 0 Å². The highest BCUT2D eigenvalue weighted by Crippen LogP contribution is 2.25. The number of hydrogen-bond acceptors (Lipinski definition) is 8. The van der Waals surface area contributed by atoms with Crippen molar-refractivity contribution in [1.82, 2.24) is 25.1 Å². The maximum atomic E-state index is 13.5. The van der Waals surface area contributed by atoms with Gasteiger partial charge in [0.05, 0.1) is 6.26 Å². The van der Waals surface area contributed by atoms with Gasteiger partial charge < -0.3 is 29.4 Å². The number of nitrogens with zero attached hydrogens (tertiary/aromatic N) is 4. The molecule has 0 bridgehead atoms. The number of furan rings is 1. The first-order valence-electron chi connectivity index (χ1n) is 14.1. The number of nitrogens with one attached hydrogen (secondary N) is 1. The van der Waals surface area contributed by atoms with Crippen LogP contribution in [0, 0.1) is 0 Å². The lowest BCUT2D eigenvalue weighted by molar-refractivity contribution is -0.138. The highest BCUT2D eigenvalue weighted by Gasteiger charge is 2.32. The summed E-state index contributed by atoms with van der Waals surface area (Å²) in [5.74, 6) is -1.62. The smallest absolute Gasteiger partial charge is 0.303 e. The van der Waals surface area contributed by atoms with E-state index in [1.54, 1.807) is 17.0 Å². The molecule has 3 aromatic rings. The molecule has 2 N–H and O–H groups in total. The maximum absolute atomic E-state index is 13.5. The fourth-order valence-corrected chi connectivity index (χ4v) is 5.16. The van der Waals surface area contributed by atoms with Crippen LogP contribution >= 0.6 is 0 Å². The molecular formula is C30H33N5O7. The highest BCUT2D eigenvalue weighted by atomic mass is 16.5. The number of carbonyl (C=O) groups is 4. The summed E-state index contributed by atoms with van der Waals surface area (Å²) in [7, 11) is 0.